The zero-order valence-corrected chi connectivity index (χ0v) is 16.7. The van der Waals surface area contributed by atoms with Crippen LogP contribution in [-0.2, 0) is 0 Å². The fourth-order valence-electron chi connectivity index (χ4n) is 3.05. The van der Waals surface area contributed by atoms with Gasteiger partial charge >= 0.3 is 0 Å². The Balaban J connectivity index is 1.68. The summed E-state index contributed by atoms with van der Waals surface area (Å²) in [6.45, 7) is 1.89. The second-order valence-corrected chi connectivity index (χ2v) is 8.16. The molecule has 3 aromatic carbocycles. The molecule has 5 heteroatoms. The monoisotopic (exact) mass is 404 g/mol. The van der Waals surface area contributed by atoms with E-state index in [1.165, 1.54) is 11.8 Å². The van der Waals surface area contributed by atoms with E-state index in [0.29, 0.717) is 10.6 Å². The number of hydrogen-bond donors (Lipinski definition) is 0. The summed E-state index contributed by atoms with van der Waals surface area (Å²) in [4.78, 5) is 12.8. The molecule has 0 radical (unpaired) electrons. The van der Waals surface area contributed by atoms with Crippen molar-refractivity contribution in [2.24, 2.45) is 0 Å². The average molecular weight is 405 g/mol. The van der Waals surface area contributed by atoms with Crippen LogP contribution in [0.15, 0.2) is 83.9 Å². The molecule has 0 spiro atoms. The lowest BCUT2D eigenvalue weighted by Crippen LogP contribution is -2.13. The third-order valence-electron chi connectivity index (χ3n) is 4.49. The quantitative estimate of drug-likeness (QED) is 0.288. The van der Waals surface area contributed by atoms with Gasteiger partial charge in [-0.15, -0.1) is 10.2 Å². The number of carbonyl (C=O) groups is 1. The minimum atomic E-state index is -0.290. The number of fused-ring (bicyclic) bond motifs is 1. The largest absolute Gasteiger partial charge is 0.293 e. The van der Waals surface area contributed by atoms with Crippen molar-refractivity contribution in [1.29, 1.82) is 0 Å². The molecule has 0 aliphatic carbocycles. The zero-order valence-electron chi connectivity index (χ0n) is 15.2. The highest BCUT2D eigenvalue weighted by atomic mass is 35.5. The third kappa shape index (κ3) is 3.79. The third-order valence-corrected chi connectivity index (χ3v) is 5.83. The molecule has 138 valence electrons. The first kappa shape index (κ1) is 18.7. The lowest BCUT2D eigenvalue weighted by atomic mass is 10.1. The first-order valence-corrected chi connectivity index (χ1v) is 10.2. The fourth-order valence-corrected chi connectivity index (χ4v) is 4.14. The molecular weight excluding hydrogens is 388 g/mol. The molecular formula is C23H17ClN2OS. The second-order valence-electron chi connectivity index (χ2n) is 6.40. The van der Waals surface area contributed by atoms with Crippen molar-refractivity contribution in [1.82, 2.24) is 10.2 Å². The van der Waals surface area contributed by atoms with Crippen LogP contribution in [0, 0.1) is 0 Å². The Morgan fingerprint density at radius 2 is 1.50 bits per heavy atom. The first-order valence-electron chi connectivity index (χ1n) is 8.91. The normalized spacial score (nSPS) is 12.1. The summed E-state index contributed by atoms with van der Waals surface area (Å²) in [5.41, 5.74) is 2.51. The zero-order chi connectivity index (χ0) is 19.5. The Labute approximate surface area is 172 Å². The Hall–Kier alpha value is -2.69. The summed E-state index contributed by atoms with van der Waals surface area (Å²) in [7, 11) is 0. The molecule has 28 heavy (non-hydrogen) atoms. The van der Waals surface area contributed by atoms with Crippen LogP contribution < -0.4 is 0 Å². The molecule has 1 heterocycles. The van der Waals surface area contributed by atoms with Gasteiger partial charge in [0.2, 0.25) is 0 Å². The summed E-state index contributed by atoms with van der Waals surface area (Å²) < 4.78 is 0. The smallest absolute Gasteiger partial charge is 0.175 e. The van der Waals surface area contributed by atoms with Gasteiger partial charge in [-0.05, 0) is 31.2 Å². The molecule has 4 aromatic rings. The van der Waals surface area contributed by atoms with Gasteiger partial charge in [0.25, 0.3) is 0 Å². The van der Waals surface area contributed by atoms with Crippen molar-refractivity contribution in [3.63, 3.8) is 0 Å². The molecule has 4 rings (SSSR count). The fraction of sp³-hybridized carbons (Fsp3) is 0.0870. The van der Waals surface area contributed by atoms with E-state index in [4.69, 9.17) is 11.6 Å². The summed E-state index contributed by atoms with van der Waals surface area (Å²) in [6, 6.07) is 25.0. The Bertz CT molecular complexity index is 1130. The minimum absolute atomic E-state index is 0.0414. The predicted octanol–water partition coefficient (Wildman–Crippen LogP) is 6.31. The molecule has 0 bridgehead atoms. The van der Waals surface area contributed by atoms with E-state index in [2.05, 4.69) is 10.2 Å². The van der Waals surface area contributed by atoms with Crippen LogP contribution in [0.3, 0.4) is 0 Å². The van der Waals surface area contributed by atoms with Crippen LogP contribution >= 0.6 is 23.4 Å². The standard InChI is InChI=1S/C23H17ClN2OS/c1-15(22(27)17-11-13-18(24)14-12-17)28-23-20-10-6-5-9-19(20)21(25-26-23)16-7-3-2-4-8-16/h2-15H,1H3/t15-/m0/s1. The van der Waals surface area contributed by atoms with Gasteiger partial charge in [-0.1, -0.05) is 78.0 Å². The van der Waals surface area contributed by atoms with Crippen LogP contribution in [-0.4, -0.2) is 21.2 Å². The molecule has 1 aromatic heterocycles. The molecule has 0 saturated carbocycles. The number of aromatic nitrogens is 2. The number of benzene rings is 3. The van der Waals surface area contributed by atoms with Crippen molar-refractivity contribution >= 4 is 39.9 Å². The summed E-state index contributed by atoms with van der Waals surface area (Å²) in [5, 5.41) is 12.0. The molecule has 0 aliphatic heterocycles. The van der Waals surface area contributed by atoms with Crippen molar-refractivity contribution in [3.8, 4) is 11.3 Å². The van der Waals surface area contributed by atoms with E-state index < -0.39 is 0 Å². The Morgan fingerprint density at radius 3 is 2.21 bits per heavy atom. The molecule has 1 atom stereocenters. The molecule has 0 amide bonds. The van der Waals surface area contributed by atoms with Gasteiger partial charge in [-0.2, -0.15) is 0 Å². The number of ketones is 1. The summed E-state index contributed by atoms with van der Waals surface area (Å²) in [5.74, 6) is 0.0414. The van der Waals surface area contributed by atoms with E-state index in [1.54, 1.807) is 24.3 Å². The van der Waals surface area contributed by atoms with Gasteiger partial charge in [-0.3, -0.25) is 4.79 Å². The van der Waals surface area contributed by atoms with Gasteiger partial charge in [0.15, 0.2) is 5.78 Å². The number of halogens is 1. The number of hydrogen-bond acceptors (Lipinski definition) is 4. The molecule has 0 fully saturated rings. The van der Waals surface area contributed by atoms with E-state index in [-0.39, 0.29) is 11.0 Å². The van der Waals surface area contributed by atoms with E-state index in [0.717, 1.165) is 27.1 Å². The number of nitrogens with zero attached hydrogens (tertiary/aromatic N) is 2. The summed E-state index contributed by atoms with van der Waals surface area (Å²) in [6.07, 6.45) is 0. The lowest BCUT2D eigenvalue weighted by Gasteiger charge is -2.13. The van der Waals surface area contributed by atoms with Crippen LogP contribution in [0.2, 0.25) is 5.02 Å². The number of thioether (sulfide) groups is 1. The molecule has 0 N–H and O–H groups in total. The Morgan fingerprint density at radius 1 is 0.857 bits per heavy atom. The van der Waals surface area contributed by atoms with Crippen LogP contribution in [0.4, 0.5) is 0 Å². The van der Waals surface area contributed by atoms with Crippen molar-refractivity contribution in [3.05, 3.63) is 89.4 Å². The average Bonchev–Trinajstić information content (AvgIpc) is 2.74. The molecule has 3 nitrogen and oxygen atoms in total. The van der Waals surface area contributed by atoms with Crippen LogP contribution in [0.25, 0.3) is 22.0 Å². The van der Waals surface area contributed by atoms with Crippen molar-refractivity contribution in [2.75, 3.05) is 0 Å². The van der Waals surface area contributed by atoms with Crippen molar-refractivity contribution < 1.29 is 4.79 Å². The SMILES string of the molecule is C[C@H](Sc1nnc(-c2ccccc2)c2ccccc12)C(=O)c1ccc(Cl)cc1. The van der Waals surface area contributed by atoms with Gasteiger partial charge in [-0.25, -0.2) is 0 Å². The first-order chi connectivity index (χ1) is 13.6. The van der Waals surface area contributed by atoms with Gasteiger partial charge in [0.1, 0.15) is 10.7 Å². The topological polar surface area (TPSA) is 42.9 Å². The maximum atomic E-state index is 12.8. The highest BCUT2D eigenvalue weighted by molar-refractivity contribution is 8.00. The maximum Gasteiger partial charge on any atom is 0.175 e. The Kier molecular flexibility index (Phi) is 5.42. The van der Waals surface area contributed by atoms with E-state index in [1.807, 2.05) is 61.5 Å². The molecule has 0 saturated heterocycles. The lowest BCUT2D eigenvalue weighted by molar-refractivity contribution is 0.0994. The second kappa shape index (κ2) is 8.13. The molecule has 0 aliphatic rings. The maximum absolute atomic E-state index is 12.8. The highest BCUT2D eigenvalue weighted by Crippen LogP contribution is 2.34. The molecule has 0 unspecified atom stereocenters. The van der Waals surface area contributed by atoms with Gasteiger partial charge < -0.3 is 0 Å². The number of rotatable bonds is 5. The highest BCUT2D eigenvalue weighted by Gasteiger charge is 2.20. The summed E-state index contributed by atoms with van der Waals surface area (Å²) >= 11 is 7.35. The van der Waals surface area contributed by atoms with E-state index in [9.17, 15) is 4.79 Å². The van der Waals surface area contributed by atoms with Crippen LogP contribution in [0.5, 0.6) is 0 Å². The van der Waals surface area contributed by atoms with E-state index >= 15 is 0 Å². The van der Waals surface area contributed by atoms with Crippen molar-refractivity contribution in [2.45, 2.75) is 17.2 Å². The van der Waals surface area contributed by atoms with Gasteiger partial charge in [0, 0.05) is 26.9 Å². The number of Topliss-reactive ketones (excluding diaryl/α,β-unsaturated/α-hetero) is 1. The predicted molar refractivity (Wildman–Crippen MR) is 116 cm³/mol. The van der Waals surface area contributed by atoms with Gasteiger partial charge in [0.05, 0.1) is 5.25 Å². The number of carbonyl (C=O) groups excluding carboxylic acids is 1. The van der Waals surface area contributed by atoms with Crippen LogP contribution in [0.1, 0.15) is 17.3 Å². The minimum Gasteiger partial charge on any atom is -0.293 e.